The minimum Gasteiger partial charge on any atom is -0.398 e. The molecule has 0 bridgehead atoms. The molecule has 0 aromatic heterocycles. The number of amides is 1. The number of carbonyl (C=O) groups is 1. The van der Waals surface area contributed by atoms with Crippen LogP contribution in [0.5, 0.6) is 0 Å². The molecule has 0 radical (unpaired) electrons. The van der Waals surface area contributed by atoms with Crippen LogP contribution in [0.1, 0.15) is 15.9 Å². The van der Waals surface area contributed by atoms with Crippen molar-refractivity contribution in [1.82, 2.24) is 0 Å². The first-order valence-electron chi connectivity index (χ1n) is 5.81. The molecular formula is C14H10BrF3N2O. The Morgan fingerprint density at radius 3 is 2.38 bits per heavy atom. The summed E-state index contributed by atoms with van der Waals surface area (Å²) < 4.78 is 40.4. The van der Waals surface area contributed by atoms with Gasteiger partial charge in [0.25, 0.3) is 5.91 Å². The second-order valence-corrected chi connectivity index (χ2v) is 5.23. The Kier molecular flexibility index (Phi) is 4.22. The van der Waals surface area contributed by atoms with Gasteiger partial charge in [0, 0.05) is 22.9 Å². The normalized spacial score (nSPS) is 10.5. The van der Waals surface area contributed by atoms with E-state index in [1.54, 1.807) is 0 Å². The van der Waals surface area contributed by atoms with Gasteiger partial charge in [0.2, 0.25) is 0 Å². The van der Waals surface area contributed by atoms with Gasteiger partial charge in [-0.3, -0.25) is 4.79 Å². The lowest BCUT2D eigenvalue weighted by atomic mass is 10.1. The Bertz CT molecular complexity index is 711. The molecule has 0 atom stereocenters. The van der Waals surface area contributed by atoms with Crippen molar-refractivity contribution in [3.05, 3.63) is 57.3 Å². The van der Waals surface area contributed by atoms with Gasteiger partial charge in [0.15, 0.2) is 0 Å². The van der Waals surface area contributed by atoms with Gasteiger partial charge >= 0.3 is 0 Å². The van der Waals surface area contributed by atoms with Crippen LogP contribution < -0.4 is 11.1 Å². The number of nitrogen functional groups attached to an aromatic ring is 1. The highest BCUT2D eigenvalue weighted by atomic mass is 79.9. The highest BCUT2D eigenvalue weighted by molar-refractivity contribution is 9.10. The van der Waals surface area contributed by atoms with Crippen LogP contribution in [0.15, 0.2) is 28.7 Å². The molecule has 0 aliphatic heterocycles. The summed E-state index contributed by atoms with van der Waals surface area (Å²) in [5.74, 6) is -3.00. The van der Waals surface area contributed by atoms with E-state index in [-0.39, 0.29) is 27.0 Å². The number of carbonyl (C=O) groups excluding carboxylic acids is 1. The summed E-state index contributed by atoms with van der Waals surface area (Å²) in [5, 5.41) is 2.17. The van der Waals surface area contributed by atoms with E-state index in [9.17, 15) is 18.0 Å². The number of nitrogens with two attached hydrogens (primary N) is 1. The first kappa shape index (κ1) is 15.4. The fourth-order valence-corrected chi connectivity index (χ4v) is 1.96. The van der Waals surface area contributed by atoms with Gasteiger partial charge in [-0.25, -0.2) is 13.2 Å². The zero-order valence-corrected chi connectivity index (χ0v) is 12.4. The smallest absolute Gasteiger partial charge is 0.255 e. The van der Waals surface area contributed by atoms with Crippen LogP contribution in [-0.4, -0.2) is 5.91 Å². The van der Waals surface area contributed by atoms with E-state index in [1.807, 2.05) is 0 Å². The molecular weight excluding hydrogens is 349 g/mol. The monoisotopic (exact) mass is 358 g/mol. The highest BCUT2D eigenvalue weighted by Crippen LogP contribution is 2.24. The van der Waals surface area contributed by atoms with Crippen LogP contribution in [0, 0.1) is 24.4 Å². The summed E-state index contributed by atoms with van der Waals surface area (Å²) in [5.41, 5.74) is 5.45. The molecule has 0 heterocycles. The number of rotatable bonds is 2. The van der Waals surface area contributed by atoms with E-state index >= 15 is 0 Å². The molecule has 0 saturated heterocycles. The fourth-order valence-electron chi connectivity index (χ4n) is 1.64. The largest absolute Gasteiger partial charge is 0.398 e. The molecule has 2 aromatic rings. The van der Waals surface area contributed by atoms with Crippen molar-refractivity contribution in [3.8, 4) is 0 Å². The number of hydrogen-bond acceptors (Lipinski definition) is 2. The maximum Gasteiger partial charge on any atom is 0.255 e. The van der Waals surface area contributed by atoms with Crippen molar-refractivity contribution in [2.24, 2.45) is 0 Å². The van der Waals surface area contributed by atoms with Crippen LogP contribution in [0.25, 0.3) is 0 Å². The van der Waals surface area contributed by atoms with Gasteiger partial charge in [-0.05, 0) is 41.1 Å². The summed E-state index contributed by atoms with van der Waals surface area (Å²) >= 11 is 2.82. The molecule has 2 aromatic carbocycles. The molecule has 0 aliphatic rings. The Morgan fingerprint density at radius 2 is 1.76 bits per heavy atom. The van der Waals surface area contributed by atoms with Crippen molar-refractivity contribution in [3.63, 3.8) is 0 Å². The summed E-state index contributed by atoms with van der Waals surface area (Å²) in [7, 11) is 0. The Labute approximate surface area is 127 Å². The lowest BCUT2D eigenvalue weighted by Gasteiger charge is -2.09. The van der Waals surface area contributed by atoms with E-state index in [4.69, 9.17) is 5.73 Å². The molecule has 0 unspecified atom stereocenters. The van der Waals surface area contributed by atoms with Crippen molar-refractivity contribution in [2.45, 2.75) is 6.92 Å². The van der Waals surface area contributed by atoms with Crippen LogP contribution in [0.2, 0.25) is 0 Å². The summed E-state index contributed by atoms with van der Waals surface area (Å²) in [6.45, 7) is 1.47. The molecule has 0 fully saturated rings. The van der Waals surface area contributed by atoms with E-state index in [0.717, 1.165) is 18.2 Å². The maximum absolute atomic E-state index is 13.6. The van der Waals surface area contributed by atoms with E-state index in [2.05, 4.69) is 21.2 Å². The maximum atomic E-state index is 13.6. The molecule has 0 saturated carbocycles. The molecule has 3 N–H and O–H groups in total. The van der Waals surface area contributed by atoms with Gasteiger partial charge in [0.05, 0.1) is 10.2 Å². The van der Waals surface area contributed by atoms with Gasteiger partial charge in [-0.2, -0.15) is 0 Å². The molecule has 0 spiro atoms. The first-order chi connectivity index (χ1) is 9.79. The number of benzene rings is 2. The van der Waals surface area contributed by atoms with E-state index in [0.29, 0.717) is 0 Å². The second-order valence-electron chi connectivity index (χ2n) is 4.37. The summed E-state index contributed by atoms with van der Waals surface area (Å²) in [4.78, 5) is 11.9. The van der Waals surface area contributed by atoms with Crippen molar-refractivity contribution in [2.75, 3.05) is 11.1 Å². The van der Waals surface area contributed by atoms with Crippen LogP contribution in [-0.2, 0) is 0 Å². The lowest BCUT2D eigenvalue weighted by molar-refractivity contribution is 0.102. The zero-order valence-electron chi connectivity index (χ0n) is 10.8. The molecule has 3 nitrogen and oxygen atoms in total. The molecule has 7 heteroatoms. The quantitative estimate of drug-likeness (QED) is 0.629. The fraction of sp³-hybridized carbons (Fsp3) is 0.0714. The SMILES string of the molecule is Cc1c(N)cc(C(=O)Nc2cc(F)c(Br)cc2F)cc1F. The zero-order chi connectivity index (χ0) is 15.7. The van der Waals surface area contributed by atoms with Crippen LogP contribution in [0.4, 0.5) is 24.5 Å². The topological polar surface area (TPSA) is 55.1 Å². The van der Waals surface area contributed by atoms with E-state index < -0.39 is 23.4 Å². The van der Waals surface area contributed by atoms with Crippen LogP contribution >= 0.6 is 15.9 Å². The number of anilines is 2. The van der Waals surface area contributed by atoms with E-state index in [1.165, 1.54) is 13.0 Å². The van der Waals surface area contributed by atoms with Gasteiger partial charge < -0.3 is 11.1 Å². The van der Waals surface area contributed by atoms with Crippen molar-refractivity contribution >= 4 is 33.2 Å². The Morgan fingerprint density at radius 1 is 1.10 bits per heavy atom. The van der Waals surface area contributed by atoms with Crippen LogP contribution in [0.3, 0.4) is 0 Å². The standard InChI is InChI=1S/C14H10BrF3N2O/c1-6-9(16)2-7(3-12(6)19)14(21)20-13-5-10(17)8(15)4-11(13)18/h2-5H,19H2,1H3,(H,20,21). The second kappa shape index (κ2) is 5.77. The predicted octanol–water partition coefficient (Wildman–Crippen LogP) is 4.01. The molecule has 110 valence electrons. The number of hydrogen-bond donors (Lipinski definition) is 2. The number of halogens is 4. The highest BCUT2D eigenvalue weighted by Gasteiger charge is 2.15. The van der Waals surface area contributed by atoms with Gasteiger partial charge in [-0.1, -0.05) is 0 Å². The minimum absolute atomic E-state index is 0.0661. The summed E-state index contributed by atoms with van der Waals surface area (Å²) in [6.07, 6.45) is 0. The molecule has 21 heavy (non-hydrogen) atoms. The minimum atomic E-state index is -0.822. The lowest BCUT2D eigenvalue weighted by Crippen LogP contribution is -2.14. The third-order valence-corrected chi connectivity index (χ3v) is 3.51. The first-order valence-corrected chi connectivity index (χ1v) is 6.60. The Hall–Kier alpha value is -2.02. The molecule has 1 amide bonds. The summed E-state index contributed by atoms with van der Waals surface area (Å²) in [6, 6.07) is 3.95. The number of nitrogens with one attached hydrogen (secondary N) is 1. The molecule has 0 aliphatic carbocycles. The average molecular weight is 359 g/mol. The van der Waals surface area contributed by atoms with Gasteiger partial charge in [-0.15, -0.1) is 0 Å². The third-order valence-electron chi connectivity index (χ3n) is 2.90. The van der Waals surface area contributed by atoms with Crippen molar-refractivity contribution < 1.29 is 18.0 Å². The average Bonchev–Trinajstić information content (AvgIpc) is 2.41. The predicted molar refractivity (Wildman–Crippen MR) is 77.6 cm³/mol. The van der Waals surface area contributed by atoms with Gasteiger partial charge in [0.1, 0.15) is 17.5 Å². The Balaban J connectivity index is 2.32. The van der Waals surface area contributed by atoms with Crippen molar-refractivity contribution in [1.29, 1.82) is 0 Å². The molecule has 2 rings (SSSR count). The third kappa shape index (κ3) is 3.18.